The molecule has 108 valence electrons. The zero-order valence-corrected chi connectivity index (χ0v) is 14.0. The van der Waals surface area contributed by atoms with Crippen LogP contribution in [0.2, 0.25) is 0 Å². The third kappa shape index (κ3) is 2.88. The first-order chi connectivity index (χ1) is 10.2. The Balaban J connectivity index is 2.16. The fourth-order valence-electron chi connectivity index (χ4n) is 2.78. The first-order valence-corrected chi connectivity index (χ1v) is 8.18. The van der Waals surface area contributed by atoms with E-state index in [0.717, 1.165) is 29.4 Å². The van der Waals surface area contributed by atoms with Crippen LogP contribution in [0.1, 0.15) is 35.9 Å². The molecule has 0 saturated carbocycles. The molecule has 1 aromatic carbocycles. The van der Waals surface area contributed by atoms with E-state index in [4.69, 9.17) is 4.98 Å². The number of aryl methyl sites for hydroxylation is 2. The van der Waals surface area contributed by atoms with Gasteiger partial charge in [-0.25, -0.2) is 4.98 Å². The van der Waals surface area contributed by atoms with Gasteiger partial charge < -0.3 is 4.40 Å². The van der Waals surface area contributed by atoms with E-state index in [1.54, 1.807) is 0 Å². The Kier molecular flexibility index (Phi) is 4.11. The van der Waals surface area contributed by atoms with Crippen LogP contribution in [0.5, 0.6) is 0 Å². The zero-order valence-electron chi connectivity index (χ0n) is 12.4. The first kappa shape index (κ1) is 14.3. The van der Waals surface area contributed by atoms with E-state index < -0.39 is 0 Å². The lowest BCUT2D eigenvalue weighted by atomic mass is 10.1. The second-order valence-electron chi connectivity index (χ2n) is 5.45. The highest BCUT2D eigenvalue weighted by Gasteiger charge is 2.14. The van der Waals surface area contributed by atoms with E-state index in [1.807, 2.05) is 0 Å². The number of halogens is 1. The highest BCUT2D eigenvalue weighted by atomic mass is 79.9. The van der Waals surface area contributed by atoms with Gasteiger partial charge >= 0.3 is 0 Å². The third-order valence-electron chi connectivity index (χ3n) is 3.75. The monoisotopic (exact) mass is 342 g/mol. The molecule has 2 nitrogen and oxygen atoms in total. The Morgan fingerprint density at radius 1 is 1.19 bits per heavy atom. The molecular weight excluding hydrogens is 324 g/mol. The van der Waals surface area contributed by atoms with E-state index in [2.05, 4.69) is 76.8 Å². The van der Waals surface area contributed by atoms with Gasteiger partial charge in [0.25, 0.3) is 0 Å². The molecule has 0 bridgehead atoms. The molecule has 2 aromatic heterocycles. The molecule has 21 heavy (non-hydrogen) atoms. The van der Waals surface area contributed by atoms with Gasteiger partial charge in [0, 0.05) is 17.1 Å². The molecule has 0 aliphatic carbocycles. The number of rotatable bonds is 4. The van der Waals surface area contributed by atoms with Gasteiger partial charge in [-0.2, -0.15) is 0 Å². The van der Waals surface area contributed by atoms with Gasteiger partial charge in [0.15, 0.2) is 0 Å². The maximum atomic E-state index is 4.88. The summed E-state index contributed by atoms with van der Waals surface area (Å²) in [6.07, 6.45) is 5.20. The molecule has 3 heteroatoms. The van der Waals surface area contributed by atoms with Crippen molar-refractivity contribution in [1.29, 1.82) is 0 Å². The number of pyridine rings is 1. The van der Waals surface area contributed by atoms with Crippen molar-refractivity contribution >= 4 is 21.6 Å². The van der Waals surface area contributed by atoms with Crippen LogP contribution in [0.25, 0.3) is 5.65 Å². The van der Waals surface area contributed by atoms with Crippen LogP contribution in [0.15, 0.2) is 47.1 Å². The summed E-state index contributed by atoms with van der Waals surface area (Å²) >= 11 is 3.60. The van der Waals surface area contributed by atoms with Crippen molar-refractivity contribution in [1.82, 2.24) is 9.38 Å². The fourth-order valence-corrected chi connectivity index (χ4v) is 3.32. The van der Waals surface area contributed by atoms with Crippen LogP contribution in [-0.2, 0) is 12.8 Å². The number of aromatic nitrogens is 2. The molecule has 0 radical (unpaired) electrons. The maximum Gasteiger partial charge on any atom is 0.140 e. The number of hydrogen-bond donors (Lipinski definition) is 0. The van der Waals surface area contributed by atoms with Crippen molar-refractivity contribution in [2.75, 3.05) is 0 Å². The van der Waals surface area contributed by atoms with Crippen LogP contribution >= 0.6 is 15.9 Å². The van der Waals surface area contributed by atoms with Crippen LogP contribution in [0, 0.1) is 6.92 Å². The van der Waals surface area contributed by atoms with Gasteiger partial charge in [0.1, 0.15) is 5.65 Å². The average Bonchev–Trinajstić information content (AvgIpc) is 2.79. The summed E-state index contributed by atoms with van der Waals surface area (Å²) in [5.74, 6) is 0. The molecule has 2 heterocycles. The van der Waals surface area contributed by atoms with Crippen molar-refractivity contribution in [3.05, 3.63) is 69.6 Å². The van der Waals surface area contributed by atoms with E-state index in [9.17, 15) is 0 Å². The van der Waals surface area contributed by atoms with Crippen molar-refractivity contribution < 1.29 is 0 Å². The number of nitrogens with zero attached hydrogens (tertiary/aromatic N) is 2. The Hall–Kier alpha value is -1.61. The molecule has 0 aliphatic rings. The quantitative estimate of drug-likeness (QED) is 0.655. The highest BCUT2D eigenvalue weighted by molar-refractivity contribution is 9.10. The van der Waals surface area contributed by atoms with E-state index >= 15 is 0 Å². The highest BCUT2D eigenvalue weighted by Crippen LogP contribution is 2.23. The topological polar surface area (TPSA) is 17.3 Å². The third-order valence-corrected chi connectivity index (χ3v) is 4.19. The summed E-state index contributed by atoms with van der Waals surface area (Å²) in [4.78, 5) is 4.88. The van der Waals surface area contributed by atoms with Crippen LogP contribution in [0.3, 0.4) is 0 Å². The number of imidazole rings is 1. The van der Waals surface area contributed by atoms with Crippen LogP contribution < -0.4 is 0 Å². The Morgan fingerprint density at radius 3 is 2.67 bits per heavy atom. The van der Waals surface area contributed by atoms with Crippen molar-refractivity contribution in [2.45, 2.75) is 33.1 Å². The number of hydrogen-bond acceptors (Lipinski definition) is 1. The molecule has 0 amide bonds. The SMILES string of the molecule is CCCc1nc2c(C)cc(Br)cn2c1Cc1ccccc1. The minimum Gasteiger partial charge on any atom is -0.302 e. The van der Waals surface area contributed by atoms with Crippen molar-refractivity contribution in [2.24, 2.45) is 0 Å². The standard InChI is InChI=1S/C18H19BrN2/c1-3-7-16-17(11-14-8-5-4-6-9-14)21-12-15(19)10-13(2)18(21)20-16/h4-6,8-10,12H,3,7,11H2,1-2H3. The molecule has 3 aromatic rings. The van der Waals surface area contributed by atoms with Gasteiger partial charge in [-0.1, -0.05) is 43.7 Å². The largest absolute Gasteiger partial charge is 0.302 e. The minimum absolute atomic E-state index is 0.924. The molecule has 0 aliphatic heterocycles. The predicted octanol–water partition coefficient (Wildman–Crippen LogP) is 4.95. The molecular formula is C18H19BrN2. The molecule has 0 N–H and O–H groups in total. The summed E-state index contributed by atoms with van der Waals surface area (Å²) in [7, 11) is 0. The molecule has 0 saturated heterocycles. The van der Waals surface area contributed by atoms with Crippen LogP contribution in [-0.4, -0.2) is 9.38 Å². The van der Waals surface area contributed by atoms with Gasteiger partial charge in [-0.05, 0) is 46.5 Å². The Bertz CT molecular complexity index is 760. The average molecular weight is 343 g/mol. The Labute approximate surface area is 134 Å². The van der Waals surface area contributed by atoms with Gasteiger partial charge in [-0.15, -0.1) is 0 Å². The van der Waals surface area contributed by atoms with Crippen LogP contribution in [0.4, 0.5) is 0 Å². The summed E-state index contributed by atoms with van der Waals surface area (Å²) in [6.45, 7) is 4.33. The normalized spacial score (nSPS) is 11.2. The fraction of sp³-hybridized carbons (Fsp3) is 0.278. The van der Waals surface area contributed by atoms with Crippen molar-refractivity contribution in [3.8, 4) is 0 Å². The molecule has 0 atom stereocenters. The second-order valence-corrected chi connectivity index (χ2v) is 6.37. The van der Waals surface area contributed by atoms with E-state index in [-0.39, 0.29) is 0 Å². The van der Waals surface area contributed by atoms with Gasteiger partial charge in [0.2, 0.25) is 0 Å². The number of fused-ring (bicyclic) bond motifs is 1. The maximum absolute atomic E-state index is 4.88. The summed E-state index contributed by atoms with van der Waals surface area (Å²) in [6, 6.07) is 12.7. The lowest BCUT2D eigenvalue weighted by Crippen LogP contribution is -1.99. The zero-order chi connectivity index (χ0) is 14.8. The van der Waals surface area contributed by atoms with E-state index in [0.29, 0.717) is 0 Å². The van der Waals surface area contributed by atoms with E-state index in [1.165, 1.54) is 22.5 Å². The first-order valence-electron chi connectivity index (χ1n) is 7.39. The lowest BCUT2D eigenvalue weighted by Gasteiger charge is -2.06. The predicted molar refractivity (Wildman–Crippen MR) is 90.9 cm³/mol. The van der Waals surface area contributed by atoms with Gasteiger partial charge in [0.05, 0.1) is 11.4 Å². The molecule has 0 spiro atoms. The Morgan fingerprint density at radius 2 is 1.95 bits per heavy atom. The molecule has 3 rings (SSSR count). The minimum atomic E-state index is 0.924. The van der Waals surface area contributed by atoms with Crippen molar-refractivity contribution in [3.63, 3.8) is 0 Å². The smallest absolute Gasteiger partial charge is 0.140 e. The second kappa shape index (κ2) is 6.02. The summed E-state index contributed by atoms with van der Waals surface area (Å²) in [5.41, 5.74) is 6.15. The summed E-state index contributed by atoms with van der Waals surface area (Å²) < 4.78 is 3.35. The number of benzene rings is 1. The van der Waals surface area contributed by atoms with Gasteiger partial charge in [-0.3, -0.25) is 0 Å². The summed E-state index contributed by atoms with van der Waals surface area (Å²) in [5, 5.41) is 0. The molecule has 0 fully saturated rings. The molecule has 0 unspecified atom stereocenters. The lowest BCUT2D eigenvalue weighted by molar-refractivity contribution is 0.866.